The average Bonchev–Trinajstić information content (AvgIpc) is 2.83. The molecular weight excluding hydrogens is 573 g/mol. The molecule has 4 unspecified atom stereocenters. The molecule has 1 fully saturated rings. The summed E-state index contributed by atoms with van der Waals surface area (Å²) in [5.74, 6) is 16.1. The first kappa shape index (κ1) is 37.2. The van der Waals surface area contributed by atoms with Crippen molar-refractivity contribution in [2.45, 2.75) is 86.3 Å². The topological polar surface area (TPSA) is 58.6 Å². The number of benzene rings is 1. The molecule has 0 aliphatic heterocycles. The summed E-state index contributed by atoms with van der Waals surface area (Å²) in [5, 5.41) is 0. The van der Waals surface area contributed by atoms with E-state index < -0.39 is 25.0 Å². The van der Waals surface area contributed by atoms with Crippen LogP contribution in [-0.4, -0.2) is 69.5 Å². The number of nitrogens with one attached hydrogen (secondary N) is 1. The number of nitrogens with zero attached hydrogens (tertiary/aromatic N) is 1. The molecule has 7 heteroatoms. The predicted molar refractivity (Wildman–Crippen MR) is 195 cm³/mol. The van der Waals surface area contributed by atoms with Crippen molar-refractivity contribution in [3.05, 3.63) is 60.4 Å². The van der Waals surface area contributed by atoms with Crippen molar-refractivity contribution in [2.75, 3.05) is 30.9 Å². The Bertz CT molecular complexity index is 1310. The number of carbonyl (C=O) groups excluding carboxylic acids is 1. The Morgan fingerprint density at radius 2 is 1.79 bits per heavy atom. The van der Waals surface area contributed by atoms with Gasteiger partial charge in [-0.25, -0.2) is 13.9 Å². The number of carbonyl (C=O) groups is 1. The maximum Gasteiger partial charge on any atom is 0.241 e. The summed E-state index contributed by atoms with van der Waals surface area (Å²) in [6, 6.07) is 9.13. The lowest BCUT2D eigenvalue weighted by Crippen LogP contribution is -2.54. The number of likely N-dealkylation sites (N-methyl/N-ethyl adjacent to an activating group) is 1. The third kappa shape index (κ3) is 12.2. The molecule has 1 aromatic carbocycles. The van der Waals surface area contributed by atoms with Crippen LogP contribution >= 0.6 is 9.21 Å². The standard InChI is InChI=1S/C36H60N2O3S2/c1-13-20-36(21-19-32(36)28(2)3)27-43(12,40)37-33(26-42(10,11)25-29(4)22-35(6,7)8)34(39)38(9)23-30(5)41-24-31-17-15-14-16-18-31/h14-18,28,32-33H,4-5,10-13,19-27H2,1-3,6-9H3,(H,37,40). The van der Waals surface area contributed by atoms with Gasteiger partial charge in [0.05, 0.1) is 6.54 Å². The molecule has 1 aliphatic rings. The minimum absolute atomic E-state index is 0.00627. The molecule has 0 bridgehead atoms. The van der Waals surface area contributed by atoms with E-state index in [2.05, 4.69) is 77.0 Å². The van der Waals surface area contributed by atoms with Crippen LogP contribution in [0.25, 0.3) is 0 Å². The molecule has 244 valence electrons. The largest absolute Gasteiger partial charge is 0.492 e. The Hall–Kier alpha value is -1.96. The molecule has 0 heterocycles. The van der Waals surface area contributed by atoms with Crippen LogP contribution in [0.2, 0.25) is 0 Å². The van der Waals surface area contributed by atoms with E-state index in [0.29, 0.717) is 41.5 Å². The molecule has 1 N–H and O–H groups in total. The number of ether oxygens (including phenoxy) is 1. The zero-order chi connectivity index (χ0) is 32.6. The third-order valence-electron chi connectivity index (χ3n) is 8.35. The number of amides is 1. The molecule has 0 spiro atoms. The molecule has 43 heavy (non-hydrogen) atoms. The first-order chi connectivity index (χ1) is 19.8. The van der Waals surface area contributed by atoms with Crippen LogP contribution < -0.4 is 4.72 Å². The summed E-state index contributed by atoms with van der Waals surface area (Å²) < 4.78 is 23.4. The first-order valence-electron chi connectivity index (χ1n) is 15.6. The summed E-state index contributed by atoms with van der Waals surface area (Å²) in [6.07, 6.45) is 5.13. The van der Waals surface area contributed by atoms with Gasteiger partial charge in [-0.05, 0) is 59.8 Å². The summed E-state index contributed by atoms with van der Waals surface area (Å²) in [5.41, 5.74) is 2.21. The van der Waals surface area contributed by atoms with E-state index >= 15 is 0 Å². The second-order valence-corrected chi connectivity index (χ2v) is 19.9. The molecule has 0 saturated heterocycles. The second-order valence-electron chi connectivity index (χ2n) is 14.7. The smallest absolute Gasteiger partial charge is 0.241 e. The van der Waals surface area contributed by atoms with Crippen molar-refractivity contribution in [3.63, 3.8) is 0 Å². The highest BCUT2D eigenvalue weighted by Crippen LogP contribution is 2.54. The maximum absolute atomic E-state index is 14.3. The lowest BCUT2D eigenvalue weighted by atomic mass is 9.55. The van der Waals surface area contributed by atoms with Crippen molar-refractivity contribution >= 4 is 42.4 Å². The zero-order valence-corrected chi connectivity index (χ0v) is 29.8. The Balaban J connectivity index is 2.25. The highest BCUT2D eigenvalue weighted by molar-refractivity contribution is 8.27. The van der Waals surface area contributed by atoms with E-state index in [0.717, 1.165) is 43.2 Å². The monoisotopic (exact) mass is 632 g/mol. The van der Waals surface area contributed by atoms with E-state index in [4.69, 9.17) is 4.74 Å². The molecule has 5 nitrogen and oxygen atoms in total. The quantitative estimate of drug-likeness (QED) is 0.105. The van der Waals surface area contributed by atoms with Crippen molar-refractivity contribution in [3.8, 4) is 0 Å². The van der Waals surface area contributed by atoms with Crippen LogP contribution in [-0.2, 0) is 25.8 Å². The van der Waals surface area contributed by atoms with E-state index in [1.165, 1.54) is 0 Å². The highest BCUT2D eigenvalue weighted by Gasteiger charge is 2.48. The SMILES string of the molecule is C=C(CC(C)(C)C)CS(=C)(=C)CC(NS(=C)(=O)CC1(CCC)CCC1C(C)C)C(=O)N(C)CC(=C)OCc1ccccc1. The average molecular weight is 633 g/mol. The molecule has 1 saturated carbocycles. The van der Waals surface area contributed by atoms with Gasteiger partial charge in [0.25, 0.3) is 0 Å². The van der Waals surface area contributed by atoms with Crippen molar-refractivity contribution in [1.82, 2.24) is 9.62 Å². The van der Waals surface area contributed by atoms with E-state index in [1.807, 2.05) is 30.3 Å². The molecular formula is C36H60N2O3S2. The first-order valence-corrected chi connectivity index (χ1v) is 19.8. The van der Waals surface area contributed by atoms with Gasteiger partial charge in [0, 0.05) is 34.0 Å². The lowest BCUT2D eigenvalue weighted by molar-refractivity contribution is -0.131. The van der Waals surface area contributed by atoms with Gasteiger partial charge < -0.3 is 9.64 Å². The molecule has 1 aromatic rings. The van der Waals surface area contributed by atoms with Crippen molar-refractivity contribution in [1.29, 1.82) is 0 Å². The summed E-state index contributed by atoms with van der Waals surface area (Å²) in [7, 11) is -2.81. The molecule has 0 radical (unpaired) electrons. The predicted octanol–water partition coefficient (Wildman–Crippen LogP) is 7.28. The minimum Gasteiger partial charge on any atom is -0.492 e. The normalized spacial score (nSPS) is 21.0. The van der Waals surface area contributed by atoms with Crippen LogP contribution in [0.3, 0.4) is 0 Å². The zero-order valence-electron chi connectivity index (χ0n) is 28.2. The van der Waals surface area contributed by atoms with Crippen molar-refractivity contribution in [2.24, 2.45) is 22.7 Å². The molecule has 1 amide bonds. The summed E-state index contributed by atoms with van der Waals surface area (Å²) in [6.45, 7) is 22.2. The molecule has 2 rings (SSSR count). The van der Waals surface area contributed by atoms with Crippen molar-refractivity contribution < 1.29 is 13.7 Å². The highest BCUT2D eigenvalue weighted by atomic mass is 32.2. The summed E-state index contributed by atoms with van der Waals surface area (Å²) >= 11 is 0. The Kier molecular flexibility index (Phi) is 13.3. The van der Waals surface area contributed by atoms with Crippen LogP contribution in [0.15, 0.2) is 54.8 Å². The summed E-state index contributed by atoms with van der Waals surface area (Å²) in [4.78, 5) is 15.6. The van der Waals surface area contributed by atoms with Gasteiger partial charge >= 0.3 is 0 Å². The van der Waals surface area contributed by atoms with Gasteiger partial charge in [-0.15, -0.1) is 0 Å². The molecule has 0 aromatic heterocycles. The van der Waals surface area contributed by atoms with Crippen LogP contribution in [0, 0.1) is 22.7 Å². The van der Waals surface area contributed by atoms with Gasteiger partial charge in [0.15, 0.2) is 0 Å². The van der Waals surface area contributed by atoms with Crippen LogP contribution in [0.1, 0.15) is 79.2 Å². The van der Waals surface area contributed by atoms with Crippen LogP contribution in [0.5, 0.6) is 0 Å². The second kappa shape index (κ2) is 15.4. The molecule has 4 atom stereocenters. The van der Waals surface area contributed by atoms with E-state index in [-0.39, 0.29) is 23.3 Å². The van der Waals surface area contributed by atoms with E-state index in [9.17, 15) is 9.00 Å². The minimum atomic E-state index is -2.79. The molecule has 1 aliphatic carbocycles. The Morgan fingerprint density at radius 1 is 1.16 bits per heavy atom. The fourth-order valence-electron chi connectivity index (χ4n) is 6.80. The van der Waals surface area contributed by atoms with Gasteiger partial charge in [0.1, 0.15) is 18.4 Å². The maximum atomic E-state index is 14.3. The number of hydrogen-bond acceptors (Lipinski definition) is 3. The number of rotatable bonds is 18. The van der Waals surface area contributed by atoms with Crippen LogP contribution in [0.4, 0.5) is 0 Å². The number of hydrogen-bond donors (Lipinski definition) is 1. The Morgan fingerprint density at radius 3 is 2.30 bits per heavy atom. The van der Waals surface area contributed by atoms with Gasteiger partial charge in [-0.3, -0.25) is 9.00 Å². The van der Waals surface area contributed by atoms with Gasteiger partial charge in [0.2, 0.25) is 5.91 Å². The van der Waals surface area contributed by atoms with Gasteiger partial charge in [-0.1, -0.05) is 109 Å². The fraction of sp³-hybridized carbons (Fsp3) is 0.611. The lowest BCUT2D eigenvalue weighted by Gasteiger charge is -2.53. The van der Waals surface area contributed by atoms with Gasteiger partial charge in [-0.2, -0.15) is 0 Å². The van der Waals surface area contributed by atoms with E-state index in [1.54, 1.807) is 11.9 Å². The Labute approximate surface area is 265 Å². The fourth-order valence-corrected chi connectivity index (χ4v) is 11.1. The third-order valence-corrected chi connectivity index (χ3v) is 12.2.